The zero-order valence-electron chi connectivity index (χ0n) is 17.7. The van der Waals surface area contributed by atoms with Crippen molar-refractivity contribution in [1.82, 2.24) is 5.32 Å². The van der Waals surface area contributed by atoms with Crippen molar-refractivity contribution in [3.8, 4) is 22.8 Å². The second-order valence-corrected chi connectivity index (χ2v) is 8.63. The number of furan rings is 1. The molecule has 3 heterocycles. The van der Waals surface area contributed by atoms with E-state index in [1.807, 2.05) is 26.0 Å². The van der Waals surface area contributed by atoms with Gasteiger partial charge in [-0.15, -0.1) is 0 Å². The quantitative estimate of drug-likeness (QED) is 0.774. The average molecular weight is 426 g/mol. The Kier molecular flexibility index (Phi) is 4.60. The van der Waals surface area contributed by atoms with Gasteiger partial charge in [0.25, 0.3) is 11.7 Å². The number of rotatable bonds is 3. The van der Waals surface area contributed by atoms with Gasteiger partial charge in [0.1, 0.15) is 11.9 Å². The predicted molar refractivity (Wildman–Crippen MR) is 111 cm³/mol. The van der Waals surface area contributed by atoms with Gasteiger partial charge in [0.2, 0.25) is 0 Å². The van der Waals surface area contributed by atoms with Crippen LogP contribution in [0.2, 0.25) is 0 Å². The van der Waals surface area contributed by atoms with Crippen LogP contribution < -0.4 is 20.5 Å². The molecule has 1 fully saturated rings. The standard InChI is InChI=1S/C23H26N2O6/c1-12-17-15(9-10-25-21(17)26)18(16-4-3-11-28-16)20-19(12)30-23(2,31-20)13-5-7-14(8-6-13)29-22(24)27/h3-4,11,13-14H,5-10H2,1-2H3,(H2,24,27)(H,25,26). The van der Waals surface area contributed by atoms with Crippen molar-refractivity contribution in [2.24, 2.45) is 11.7 Å². The van der Waals surface area contributed by atoms with Crippen LogP contribution in [0.1, 0.15) is 54.1 Å². The highest BCUT2D eigenvalue weighted by molar-refractivity contribution is 6.02. The molecule has 5 rings (SSSR count). The summed E-state index contributed by atoms with van der Waals surface area (Å²) in [6.07, 6.45) is 4.36. The number of carbonyl (C=O) groups is 2. The fourth-order valence-corrected chi connectivity index (χ4v) is 5.20. The Morgan fingerprint density at radius 2 is 1.94 bits per heavy atom. The highest BCUT2D eigenvalue weighted by atomic mass is 16.7. The summed E-state index contributed by atoms with van der Waals surface area (Å²) in [4.78, 5) is 23.8. The normalized spacial score (nSPS) is 26.8. The fraction of sp³-hybridized carbons (Fsp3) is 0.478. The Hall–Kier alpha value is -3.16. The molecular weight excluding hydrogens is 400 g/mol. The van der Waals surface area contributed by atoms with Crippen molar-refractivity contribution in [1.29, 1.82) is 0 Å². The molecule has 164 valence electrons. The number of carbonyl (C=O) groups excluding carboxylic acids is 2. The monoisotopic (exact) mass is 426 g/mol. The fourth-order valence-electron chi connectivity index (χ4n) is 5.20. The lowest BCUT2D eigenvalue weighted by atomic mass is 9.82. The SMILES string of the molecule is Cc1c2c(c(-c3ccco3)c3c1C(=O)NCC3)OC(C)(C1CCC(OC(N)=O)CC1)O2. The zero-order chi connectivity index (χ0) is 21.8. The Morgan fingerprint density at radius 1 is 1.19 bits per heavy atom. The minimum Gasteiger partial charge on any atom is -0.464 e. The number of nitrogens with two attached hydrogens (primary N) is 1. The molecule has 8 nitrogen and oxygen atoms in total. The van der Waals surface area contributed by atoms with Gasteiger partial charge in [-0.05, 0) is 56.7 Å². The minimum absolute atomic E-state index is 0.0994. The first kappa shape index (κ1) is 19.8. The molecule has 2 aromatic rings. The lowest BCUT2D eigenvalue weighted by Crippen LogP contribution is -2.45. The smallest absolute Gasteiger partial charge is 0.404 e. The Balaban J connectivity index is 1.52. The van der Waals surface area contributed by atoms with E-state index in [1.165, 1.54) is 0 Å². The summed E-state index contributed by atoms with van der Waals surface area (Å²) < 4.78 is 23.9. The maximum Gasteiger partial charge on any atom is 0.404 e. The predicted octanol–water partition coefficient (Wildman–Crippen LogP) is 3.68. The molecule has 2 amide bonds. The van der Waals surface area contributed by atoms with Crippen LogP contribution in [-0.4, -0.2) is 30.4 Å². The molecular formula is C23H26N2O6. The lowest BCUT2D eigenvalue weighted by Gasteiger charge is -2.36. The van der Waals surface area contributed by atoms with Gasteiger partial charge < -0.3 is 29.7 Å². The van der Waals surface area contributed by atoms with E-state index < -0.39 is 11.9 Å². The molecule has 31 heavy (non-hydrogen) atoms. The molecule has 1 aromatic carbocycles. The number of primary amides is 1. The number of ether oxygens (including phenoxy) is 3. The van der Waals surface area contributed by atoms with Crippen LogP contribution in [0, 0.1) is 12.8 Å². The largest absolute Gasteiger partial charge is 0.464 e. The summed E-state index contributed by atoms with van der Waals surface area (Å²) >= 11 is 0. The molecule has 3 N–H and O–H groups in total. The molecule has 1 atom stereocenters. The molecule has 1 saturated carbocycles. The molecule has 3 aliphatic rings. The Labute approximate surface area is 180 Å². The highest BCUT2D eigenvalue weighted by Crippen LogP contribution is 2.54. The molecule has 0 saturated heterocycles. The van der Waals surface area contributed by atoms with Crippen LogP contribution in [0.3, 0.4) is 0 Å². The van der Waals surface area contributed by atoms with Gasteiger partial charge in [-0.25, -0.2) is 4.79 Å². The summed E-state index contributed by atoms with van der Waals surface area (Å²) in [6.45, 7) is 4.41. The van der Waals surface area contributed by atoms with Crippen molar-refractivity contribution in [2.45, 2.75) is 57.8 Å². The summed E-state index contributed by atoms with van der Waals surface area (Å²) in [6, 6.07) is 3.70. The molecule has 2 aliphatic heterocycles. The average Bonchev–Trinajstić information content (AvgIpc) is 3.37. The van der Waals surface area contributed by atoms with Crippen LogP contribution in [0.4, 0.5) is 4.79 Å². The molecule has 1 aliphatic carbocycles. The topological polar surface area (TPSA) is 113 Å². The molecule has 1 aromatic heterocycles. The van der Waals surface area contributed by atoms with Crippen LogP contribution in [0.25, 0.3) is 11.3 Å². The van der Waals surface area contributed by atoms with Crippen LogP contribution in [0.15, 0.2) is 22.8 Å². The molecule has 0 spiro atoms. The summed E-state index contributed by atoms with van der Waals surface area (Å²) in [7, 11) is 0. The molecule has 1 unspecified atom stereocenters. The van der Waals surface area contributed by atoms with Crippen LogP contribution >= 0.6 is 0 Å². The van der Waals surface area contributed by atoms with Crippen molar-refractivity contribution in [3.63, 3.8) is 0 Å². The van der Waals surface area contributed by atoms with Gasteiger partial charge in [-0.1, -0.05) is 0 Å². The summed E-state index contributed by atoms with van der Waals surface area (Å²) in [5.74, 6) is 1.01. The van der Waals surface area contributed by atoms with E-state index in [-0.39, 0.29) is 17.9 Å². The molecule has 0 radical (unpaired) electrons. The number of benzene rings is 1. The third kappa shape index (κ3) is 3.21. The second-order valence-electron chi connectivity index (χ2n) is 8.63. The highest BCUT2D eigenvalue weighted by Gasteiger charge is 2.49. The first-order valence-electron chi connectivity index (χ1n) is 10.7. The third-order valence-electron chi connectivity index (χ3n) is 6.72. The lowest BCUT2D eigenvalue weighted by molar-refractivity contribution is -0.126. The minimum atomic E-state index is -0.882. The van der Waals surface area contributed by atoms with Crippen LogP contribution in [-0.2, 0) is 11.2 Å². The molecule has 0 bridgehead atoms. The number of nitrogens with one attached hydrogen (secondary N) is 1. The van der Waals surface area contributed by atoms with E-state index in [0.29, 0.717) is 48.6 Å². The van der Waals surface area contributed by atoms with Crippen molar-refractivity contribution in [2.75, 3.05) is 6.54 Å². The number of hydrogen-bond acceptors (Lipinski definition) is 6. The van der Waals surface area contributed by atoms with E-state index >= 15 is 0 Å². The van der Waals surface area contributed by atoms with Gasteiger partial charge in [0.15, 0.2) is 11.5 Å². The summed E-state index contributed by atoms with van der Waals surface area (Å²) in [5, 5.41) is 2.93. The van der Waals surface area contributed by atoms with Crippen LogP contribution in [0.5, 0.6) is 11.5 Å². The van der Waals surface area contributed by atoms with E-state index in [1.54, 1.807) is 6.26 Å². The van der Waals surface area contributed by atoms with Gasteiger partial charge in [0.05, 0.1) is 17.4 Å². The van der Waals surface area contributed by atoms with Gasteiger partial charge in [-0.2, -0.15) is 0 Å². The molecule has 8 heteroatoms. The third-order valence-corrected chi connectivity index (χ3v) is 6.72. The maximum atomic E-state index is 12.7. The van der Waals surface area contributed by atoms with Crippen molar-refractivity contribution in [3.05, 3.63) is 35.1 Å². The zero-order valence-corrected chi connectivity index (χ0v) is 17.7. The number of hydrogen-bond donors (Lipinski definition) is 2. The van der Waals surface area contributed by atoms with Crippen molar-refractivity contribution < 1.29 is 28.2 Å². The van der Waals surface area contributed by atoms with E-state index in [4.69, 9.17) is 24.4 Å². The first-order valence-corrected chi connectivity index (χ1v) is 10.7. The van der Waals surface area contributed by atoms with Gasteiger partial charge in [-0.3, -0.25) is 4.79 Å². The second kappa shape index (κ2) is 7.21. The van der Waals surface area contributed by atoms with Crippen molar-refractivity contribution >= 4 is 12.0 Å². The van der Waals surface area contributed by atoms with E-state index in [9.17, 15) is 9.59 Å². The van der Waals surface area contributed by atoms with E-state index in [2.05, 4.69) is 5.32 Å². The summed E-state index contributed by atoms with van der Waals surface area (Å²) in [5.41, 5.74) is 8.32. The number of amides is 2. The van der Waals surface area contributed by atoms with Gasteiger partial charge >= 0.3 is 6.09 Å². The number of fused-ring (bicyclic) bond motifs is 2. The maximum absolute atomic E-state index is 12.7. The van der Waals surface area contributed by atoms with Gasteiger partial charge in [0, 0.05) is 24.9 Å². The Morgan fingerprint density at radius 3 is 2.61 bits per heavy atom. The first-order chi connectivity index (χ1) is 14.9. The van der Waals surface area contributed by atoms with E-state index in [0.717, 1.165) is 29.5 Å². The Bertz CT molecular complexity index is 1040.